The van der Waals surface area contributed by atoms with Gasteiger partial charge in [-0.05, 0) is 43.2 Å². The number of benzene rings is 2. The van der Waals surface area contributed by atoms with E-state index in [1.54, 1.807) is 22.7 Å². The second-order valence-electron chi connectivity index (χ2n) is 7.47. The van der Waals surface area contributed by atoms with Gasteiger partial charge in [-0.15, -0.1) is 11.3 Å². The van der Waals surface area contributed by atoms with Crippen LogP contribution in [-0.4, -0.2) is 16.0 Å². The minimum atomic E-state index is -0.0593. The van der Waals surface area contributed by atoms with Crippen molar-refractivity contribution in [3.63, 3.8) is 0 Å². The van der Waals surface area contributed by atoms with E-state index < -0.39 is 0 Å². The van der Waals surface area contributed by atoms with E-state index in [-0.39, 0.29) is 5.56 Å². The first-order chi connectivity index (χ1) is 15.0. The summed E-state index contributed by atoms with van der Waals surface area (Å²) in [5.74, 6) is 0.831. The van der Waals surface area contributed by atoms with Gasteiger partial charge in [0.25, 0.3) is 5.56 Å². The molecule has 5 nitrogen and oxygen atoms in total. The van der Waals surface area contributed by atoms with Crippen molar-refractivity contribution in [3.8, 4) is 5.75 Å². The number of nitrogens with zero attached hydrogens (tertiary/aromatic N) is 3. The molecule has 0 spiro atoms. The Morgan fingerprint density at radius 2 is 1.97 bits per heavy atom. The fourth-order valence-corrected chi connectivity index (χ4v) is 4.19. The SMILES string of the molecule is C=CCOc1ccccc1CN(Cc1cc(=O)n2ccsc2n1)c1ccc(C)c(C)c1. The third kappa shape index (κ3) is 4.70. The van der Waals surface area contributed by atoms with Crippen molar-refractivity contribution >= 4 is 22.0 Å². The van der Waals surface area contributed by atoms with Crippen molar-refractivity contribution in [2.24, 2.45) is 0 Å². The van der Waals surface area contributed by atoms with Crippen LogP contribution in [0.25, 0.3) is 4.96 Å². The van der Waals surface area contributed by atoms with Crippen LogP contribution in [0.15, 0.2) is 77.6 Å². The number of hydrogen-bond acceptors (Lipinski definition) is 5. The van der Waals surface area contributed by atoms with Crippen molar-refractivity contribution < 1.29 is 4.74 Å². The standard InChI is InChI=1S/C25H25N3O2S/c1-4-12-30-23-8-6-5-7-20(23)16-27(22-10-9-18(2)19(3)14-22)17-21-15-24(29)28-11-13-31-25(28)26-21/h4-11,13-15H,1,12,16-17H2,2-3H3. The lowest BCUT2D eigenvalue weighted by Crippen LogP contribution is -2.25. The molecule has 4 rings (SSSR count). The van der Waals surface area contributed by atoms with Gasteiger partial charge in [-0.3, -0.25) is 9.20 Å². The Morgan fingerprint density at radius 3 is 2.77 bits per heavy atom. The molecular formula is C25H25N3O2S. The molecule has 158 valence electrons. The number of para-hydroxylation sites is 1. The zero-order chi connectivity index (χ0) is 21.8. The minimum absolute atomic E-state index is 0.0593. The van der Waals surface area contributed by atoms with Crippen LogP contribution in [0.1, 0.15) is 22.4 Å². The summed E-state index contributed by atoms with van der Waals surface area (Å²) >= 11 is 1.46. The zero-order valence-electron chi connectivity index (χ0n) is 17.7. The van der Waals surface area contributed by atoms with Gasteiger partial charge in [-0.2, -0.15) is 0 Å². The topological polar surface area (TPSA) is 46.8 Å². The highest BCUT2D eigenvalue weighted by atomic mass is 32.1. The fraction of sp³-hybridized carbons (Fsp3) is 0.200. The summed E-state index contributed by atoms with van der Waals surface area (Å²) in [6.45, 7) is 9.55. The average Bonchev–Trinajstić information content (AvgIpc) is 3.24. The van der Waals surface area contributed by atoms with Crippen LogP contribution >= 0.6 is 11.3 Å². The van der Waals surface area contributed by atoms with Gasteiger partial charge in [0.2, 0.25) is 0 Å². The second kappa shape index (κ2) is 9.18. The molecule has 0 N–H and O–H groups in total. The fourth-order valence-electron chi connectivity index (χ4n) is 3.45. The van der Waals surface area contributed by atoms with E-state index in [9.17, 15) is 4.79 Å². The van der Waals surface area contributed by atoms with Crippen molar-refractivity contribution in [3.05, 3.63) is 106 Å². The number of ether oxygens (including phenoxy) is 1. The Balaban J connectivity index is 1.71. The Labute approximate surface area is 185 Å². The number of thiazole rings is 1. The number of aryl methyl sites for hydroxylation is 2. The molecule has 0 saturated heterocycles. The number of rotatable bonds is 8. The van der Waals surface area contributed by atoms with Gasteiger partial charge in [0, 0.05) is 35.4 Å². The number of fused-ring (bicyclic) bond motifs is 1. The molecule has 0 atom stereocenters. The molecule has 0 radical (unpaired) electrons. The van der Waals surface area contributed by atoms with Gasteiger partial charge in [0.1, 0.15) is 12.4 Å². The molecule has 2 aromatic heterocycles. The normalized spacial score (nSPS) is 10.9. The molecule has 2 heterocycles. The first-order valence-corrected chi connectivity index (χ1v) is 11.0. The lowest BCUT2D eigenvalue weighted by atomic mass is 10.1. The van der Waals surface area contributed by atoms with E-state index in [0.29, 0.717) is 24.7 Å². The summed E-state index contributed by atoms with van der Waals surface area (Å²) in [5.41, 5.74) is 5.30. The monoisotopic (exact) mass is 431 g/mol. The maximum absolute atomic E-state index is 12.5. The van der Waals surface area contributed by atoms with Crippen LogP contribution in [0, 0.1) is 13.8 Å². The molecule has 0 unspecified atom stereocenters. The van der Waals surface area contributed by atoms with Gasteiger partial charge in [0.15, 0.2) is 4.96 Å². The lowest BCUT2D eigenvalue weighted by Gasteiger charge is -2.26. The summed E-state index contributed by atoms with van der Waals surface area (Å²) in [7, 11) is 0. The van der Waals surface area contributed by atoms with Crippen LogP contribution in [-0.2, 0) is 13.1 Å². The zero-order valence-corrected chi connectivity index (χ0v) is 18.6. The van der Waals surface area contributed by atoms with E-state index in [1.807, 2.05) is 23.6 Å². The van der Waals surface area contributed by atoms with E-state index in [1.165, 1.54) is 22.5 Å². The van der Waals surface area contributed by atoms with E-state index in [0.717, 1.165) is 22.7 Å². The van der Waals surface area contributed by atoms with Gasteiger partial charge >= 0.3 is 0 Å². The summed E-state index contributed by atoms with van der Waals surface area (Å²) in [6.07, 6.45) is 3.50. The predicted octanol–water partition coefficient (Wildman–Crippen LogP) is 5.14. The Hall–Kier alpha value is -3.38. The summed E-state index contributed by atoms with van der Waals surface area (Å²) in [4.78, 5) is 20.1. The van der Waals surface area contributed by atoms with E-state index in [2.05, 4.69) is 49.6 Å². The van der Waals surface area contributed by atoms with Gasteiger partial charge < -0.3 is 9.64 Å². The molecule has 0 bridgehead atoms. The van der Waals surface area contributed by atoms with Crippen LogP contribution in [0.4, 0.5) is 5.69 Å². The highest BCUT2D eigenvalue weighted by Crippen LogP contribution is 2.26. The smallest absolute Gasteiger partial charge is 0.258 e. The molecule has 0 saturated carbocycles. The van der Waals surface area contributed by atoms with Crippen LogP contribution in [0.5, 0.6) is 5.75 Å². The number of hydrogen-bond donors (Lipinski definition) is 0. The highest BCUT2D eigenvalue weighted by Gasteiger charge is 2.15. The van der Waals surface area contributed by atoms with E-state index >= 15 is 0 Å². The molecule has 0 aliphatic heterocycles. The van der Waals surface area contributed by atoms with Crippen molar-refractivity contribution in [2.45, 2.75) is 26.9 Å². The van der Waals surface area contributed by atoms with Crippen molar-refractivity contribution in [1.29, 1.82) is 0 Å². The third-order valence-electron chi connectivity index (χ3n) is 5.26. The summed E-state index contributed by atoms with van der Waals surface area (Å²) < 4.78 is 7.45. The first kappa shape index (κ1) is 20.9. The van der Waals surface area contributed by atoms with Gasteiger partial charge in [0.05, 0.1) is 12.2 Å². The second-order valence-corrected chi connectivity index (χ2v) is 8.35. The number of aromatic nitrogens is 2. The third-order valence-corrected chi connectivity index (χ3v) is 6.01. The quantitative estimate of drug-likeness (QED) is 0.362. The number of anilines is 1. The molecule has 0 aliphatic rings. The van der Waals surface area contributed by atoms with Crippen molar-refractivity contribution in [1.82, 2.24) is 9.38 Å². The molecule has 0 amide bonds. The maximum Gasteiger partial charge on any atom is 0.258 e. The summed E-state index contributed by atoms with van der Waals surface area (Å²) in [6, 6.07) is 16.1. The van der Waals surface area contributed by atoms with E-state index in [4.69, 9.17) is 9.72 Å². The van der Waals surface area contributed by atoms with Crippen LogP contribution < -0.4 is 15.2 Å². The summed E-state index contributed by atoms with van der Waals surface area (Å²) in [5, 5.41) is 1.88. The lowest BCUT2D eigenvalue weighted by molar-refractivity contribution is 0.359. The van der Waals surface area contributed by atoms with Crippen LogP contribution in [0.2, 0.25) is 0 Å². The molecule has 6 heteroatoms. The Bertz CT molecular complexity index is 1280. The Morgan fingerprint density at radius 1 is 1.13 bits per heavy atom. The molecule has 2 aromatic carbocycles. The molecule has 4 aromatic rings. The van der Waals surface area contributed by atoms with Crippen molar-refractivity contribution in [2.75, 3.05) is 11.5 Å². The molecule has 0 fully saturated rings. The highest BCUT2D eigenvalue weighted by molar-refractivity contribution is 7.15. The largest absolute Gasteiger partial charge is 0.489 e. The average molecular weight is 432 g/mol. The predicted molar refractivity (Wildman–Crippen MR) is 127 cm³/mol. The first-order valence-electron chi connectivity index (χ1n) is 10.1. The van der Waals surface area contributed by atoms with Gasteiger partial charge in [-0.1, -0.05) is 36.9 Å². The maximum atomic E-state index is 12.5. The molecular weight excluding hydrogens is 406 g/mol. The minimum Gasteiger partial charge on any atom is -0.489 e. The van der Waals surface area contributed by atoms with Gasteiger partial charge in [-0.25, -0.2) is 4.98 Å². The Kier molecular flexibility index (Phi) is 6.18. The molecule has 0 aliphatic carbocycles. The van der Waals surface area contributed by atoms with Crippen LogP contribution in [0.3, 0.4) is 0 Å². The molecule has 31 heavy (non-hydrogen) atoms.